The minimum Gasteiger partial charge on any atom is -0.456 e. The van der Waals surface area contributed by atoms with Crippen molar-refractivity contribution >= 4 is 54.3 Å². The second-order valence-corrected chi connectivity index (χ2v) is 12.1. The molecule has 1 heteroatoms. The van der Waals surface area contributed by atoms with Gasteiger partial charge in [-0.3, -0.25) is 0 Å². The lowest BCUT2D eigenvalue weighted by molar-refractivity contribution is 0.669. The molecule has 0 spiro atoms. The predicted octanol–water partition coefficient (Wildman–Crippen LogP) is 13.6. The Hall–Kier alpha value is -6.44. The lowest BCUT2D eigenvalue weighted by Gasteiger charge is -2.19. The normalized spacial score (nSPS) is 16.9. The molecule has 1 nitrogen and oxygen atoms in total. The van der Waals surface area contributed by atoms with Crippen molar-refractivity contribution in [2.45, 2.75) is 12.8 Å². The molecule has 0 unspecified atom stereocenters. The maximum absolute atomic E-state index is 9.83. The highest BCUT2D eigenvalue weighted by Crippen LogP contribution is 2.44. The fraction of sp³-hybridized carbons (Fsp3) is 0.0400. The Morgan fingerprint density at radius 3 is 1.57 bits per heavy atom. The van der Waals surface area contributed by atoms with E-state index in [1.807, 2.05) is 42.5 Å². The van der Waals surface area contributed by atoms with Gasteiger partial charge in [0, 0.05) is 10.8 Å². The Morgan fingerprint density at radius 1 is 0.392 bits per heavy atom. The van der Waals surface area contributed by atoms with Crippen molar-refractivity contribution in [2.24, 2.45) is 0 Å². The van der Waals surface area contributed by atoms with Gasteiger partial charge in [0.2, 0.25) is 0 Å². The van der Waals surface area contributed by atoms with Gasteiger partial charge in [-0.05, 0) is 102 Å². The predicted molar refractivity (Wildman–Crippen MR) is 216 cm³/mol. The van der Waals surface area contributed by atoms with Crippen LogP contribution < -0.4 is 0 Å². The highest BCUT2D eigenvalue weighted by Gasteiger charge is 2.20. The minimum absolute atomic E-state index is 0.0283. The monoisotopic (exact) mass is 669 g/mol. The average molecular weight is 670 g/mol. The van der Waals surface area contributed by atoms with Crippen LogP contribution in [0.15, 0.2) is 186 Å². The van der Waals surface area contributed by atoms with E-state index in [1.165, 1.54) is 0 Å². The van der Waals surface area contributed by atoms with E-state index in [1.54, 1.807) is 24.3 Å². The first-order valence-corrected chi connectivity index (χ1v) is 16.2. The van der Waals surface area contributed by atoms with Crippen molar-refractivity contribution in [2.75, 3.05) is 0 Å². The first-order valence-electron chi connectivity index (χ1n) is 25.7. The third-order valence-electron chi connectivity index (χ3n) is 9.30. The topological polar surface area (TPSA) is 13.1 Å². The summed E-state index contributed by atoms with van der Waals surface area (Å²) in [7, 11) is 0. The molecular weight excluding hydrogens is 617 g/mol. The maximum atomic E-state index is 9.83. The number of furan rings is 1. The van der Waals surface area contributed by atoms with Crippen LogP contribution in [0, 0.1) is 0 Å². The Balaban J connectivity index is 1.36. The van der Waals surface area contributed by atoms with E-state index in [4.69, 9.17) is 19.5 Å². The molecule has 10 rings (SSSR count). The summed E-state index contributed by atoms with van der Waals surface area (Å²) in [6, 6.07) is 7.42. The smallest absolute Gasteiger partial charge is 0.136 e. The molecule has 0 saturated heterocycles. The second kappa shape index (κ2) is 12.2. The Labute approximate surface area is 323 Å². The zero-order valence-electron chi connectivity index (χ0n) is 45.7. The van der Waals surface area contributed by atoms with Gasteiger partial charge in [0.05, 0.1) is 26.0 Å². The third-order valence-corrected chi connectivity index (χ3v) is 9.30. The van der Waals surface area contributed by atoms with Crippen LogP contribution in [0.25, 0.3) is 76.5 Å². The van der Waals surface area contributed by atoms with Gasteiger partial charge in [-0.1, -0.05) is 169 Å². The van der Waals surface area contributed by atoms with E-state index in [2.05, 4.69) is 0 Å². The molecule has 9 aromatic carbocycles. The lowest BCUT2D eigenvalue weighted by Crippen LogP contribution is -1.99. The SMILES string of the molecule is [2H]c1c([2H])c([2H])c(Cc2c3c([2H])c([2H])c([2H])c([2H])c3c(Cc3c([2H])c([2H])c(-c4cccc5oc6cccc(-c7ccccc7)c6c45)c4c([2H])c([2H])c([2H])c([2H])c34)c3c([2H])c([2H])c([2H])c([2H])c23)c([2H])c1[2H]. The van der Waals surface area contributed by atoms with Crippen LogP contribution in [0.1, 0.15) is 48.3 Å². The fourth-order valence-electron chi connectivity index (χ4n) is 7.11. The molecule has 0 saturated carbocycles. The zero-order valence-corrected chi connectivity index (χ0v) is 26.7. The molecule has 0 radical (unpaired) electrons. The van der Waals surface area contributed by atoms with Gasteiger partial charge in [-0.25, -0.2) is 0 Å². The third kappa shape index (κ3) is 4.93. The Morgan fingerprint density at radius 2 is 0.922 bits per heavy atom. The molecule has 0 aliphatic heterocycles. The van der Waals surface area contributed by atoms with Gasteiger partial charge < -0.3 is 4.42 Å². The van der Waals surface area contributed by atoms with Crippen molar-refractivity contribution < 1.29 is 30.5 Å². The molecule has 0 atom stereocenters. The standard InChI is InChI=1S/C50H34O/c1-3-15-33(16-4-1)31-45-39-21-9-11-23-41(39)46(42-24-12-10-22-40(42)45)32-35-29-30-43(38-20-8-7-19-36(35)38)44-26-14-28-48-50(44)49-37(25-13-27-47(49)51-48)34-17-5-2-6-18-34/h1-30H,31-32H2/i1D,3D,4D,7D,8D,9D,10D,11D,12D,15D,16D,19D,20D,21D,22D,23D,24D,29D,30D. The van der Waals surface area contributed by atoms with E-state index in [-0.39, 0.29) is 60.1 Å². The van der Waals surface area contributed by atoms with Crippen LogP contribution in [-0.4, -0.2) is 0 Å². The number of hydrogen-bond acceptors (Lipinski definition) is 1. The molecule has 0 aliphatic carbocycles. The summed E-state index contributed by atoms with van der Waals surface area (Å²) in [6.07, 6.45) is -1.33. The second-order valence-electron chi connectivity index (χ2n) is 12.1. The summed E-state index contributed by atoms with van der Waals surface area (Å²) in [5, 5.41) is -0.455. The molecular formula is C50H34O. The summed E-state index contributed by atoms with van der Waals surface area (Å²) in [4.78, 5) is 0. The largest absolute Gasteiger partial charge is 0.456 e. The van der Waals surface area contributed by atoms with Gasteiger partial charge in [-0.15, -0.1) is 0 Å². The first-order chi connectivity index (χ1) is 33.2. The van der Waals surface area contributed by atoms with Crippen LogP contribution in [0.3, 0.4) is 0 Å². The van der Waals surface area contributed by atoms with E-state index in [9.17, 15) is 11.0 Å². The molecule has 0 aliphatic rings. The summed E-state index contributed by atoms with van der Waals surface area (Å²) in [5.41, 5.74) is 1.86. The molecule has 51 heavy (non-hydrogen) atoms. The van der Waals surface area contributed by atoms with Crippen molar-refractivity contribution in [1.82, 2.24) is 0 Å². The van der Waals surface area contributed by atoms with Gasteiger partial charge in [0.1, 0.15) is 11.2 Å². The fourth-order valence-corrected chi connectivity index (χ4v) is 7.11. The van der Waals surface area contributed by atoms with E-state index < -0.39 is 128 Å². The summed E-state index contributed by atoms with van der Waals surface area (Å²) >= 11 is 0. The van der Waals surface area contributed by atoms with Crippen molar-refractivity contribution in [3.8, 4) is 22.3 Å². The van der Waals surface area contributed by atoms with E-state index in [0.29, 0.717) is 27.5 Å². The molecule has 0 bridgehead atoms. The lowest BCUT2D eigenvalue weighted by atomic mass is 9.85. The first kappa shape index (κ1) is 16.1. The molecule has 0 amide bonds. The van der Waals surface area contributed by atoms with Crippen LogP contribution in [0.5, 0.6) is 0 Å². The zero-order chi connectivity index (χ0) is 50.3. The number of fused-ring (bicyclic) bond motifs is 6. The number of benzene rings is 9. The molecule has 1 aromatic heterocycles. The van der Waals surface area contributed by atoms with Crippen LogP contribution in [-0.2, 0) is 12.8 Å². The Bertz CT molecular complexity index is 3880. The summed E-state index contributed by atoms with van der Waals surface area (Å²) in [6.45, 7) is 0. The van der Waals surface area contributed by atoms with Crippen LogP contribution in [0.4, 0.5) is 0 Å². The molecule has 0 N–H and O–H groups in total. The van der Waals surface area contributed by atoms with Crippen LogP contribution in [0.2, 0.25) is 0 Å². The summed E-state index contributed by atoms with van der Waals surface area (Å²) < 4.78 is 178. The highest BCUT2D eigenvalue weighted by molar-refractivity contribution is 6.20. The Kier molecular flexibility index (Phi) is 3.83. The molecule has 1 heterocycles. The number of rotatable bonds is 6. The minimum atomic E-state index is -0.752. The maximum Gasteiger partial charge on any atom is 0.136 e. The van der Waals surface area contributed by atoms with E-state index in [0.717, 1.165) is 11.1 Å². The molecule has 0 fully saturated rings. The average Bonchev–Trinajstić information content (AvgIpc) is 3.75. The van der Waals surface area contributed by atoms with Crippen LogP contribution >= 0.6 is 0 Å². The van der Waals surface area contributed by atoms with Gasteiger partial charge in [0.15, 0.2) is 0 Å². The van der Waals surface area contributed by atoms with Gasteiger partial charge in [0.25, 0.3) is 0 Å². The van der Waals surface area contributed by atoms with Crippen molar-refractivity contribution in [3.63, 3.8) is 0 Å². The molecule has 240 valence electrons. The highest BCUT2D eigenvalue weighted by atomic mass is 16.3. The molecule has 10 aromatic rings. The van der Waals surface area contributed by atoms with Crippen molar-refractivity contribution in [1.29, 1.82) is 0 Å². The van der Waals surface area contributed by atoms with Gasteiger partial charge >= 0.3 is 0 Å². The quantitative estimate of drug-likeness (QED) is 0.161. The van der Waals surface area contributed by atoms with Gasteiger partial charge in [-0.2, -0.15) is 0 Å². The van der Waals surface area contributed by atoms with Crippen molar-refractivity contribution in [3.05, 3.63) is 204 Å². The summed E-state index contributed by atoms with van der Waals surface area (Å²) in [5.74, 6) is 0. The number of hydrogen-bond donors (Lipinski definition) is 0. The van der Waals surface area contributed by atoms with E-state index >= 15 is 0 Å².